The van der Waals surface area contributed by atoms with Gasteiger partial charge in [-0.2, -0.15) is 0 Å². The minimum absolute atomic E-state index is 0.0328. The third-order valence-electron chi connectivity index (χ3n) is 5.43. The van der Waals surface area contributed by atoms with Gasteiger partial charge in [0.15, 0.2) is 5.60 Å². The zero-order valence-electron chi connectivity index (χ0n) is 17.6. The lowest BCUT2D eigenvalue weighted by atomic mass is 9.77. The highest BCUT2D eigenvalue weighted by Gasteiger charge is 2.54. The molecular weight excluding hydrogens is 412 g/mol. The molecule has 2 aliphatic rings. The molecule has 0 saturated carbocycles. The number of benzene rings is 3. The van der Waals surface area contributed by atoms with Crippen molar-refractivity contribution in [3.63, 3.8) is 0 Å². The molecule has 0 fully saturated rings. The van der Waals surface area contributed by atoms with Gasteiger partial charge >= 0.3 is 11.9 Å². The Labute approximate surface area is 183 Å². The lowest BCUT2D eigenvalue weighted by Crippen LogP contribution is -2.33. The minimum Gasteiger partial charge on any atom is -0.508 e. The summed E-state index contributed by atoms with van der Waals surface area (Å²) in [5.41, 5.74) is -0.466. The predicted octanol–water partition coefficient (Wildman–Crippen LogP) is 4.62. The van der Waals surface area contributed by atoms with E-state index in [0.717, 1.165) is 0 Å². The van der Waals surface area contributed by atoms with Gasteiger partial charge in [-0.3, -0.25) is 0 Å². The zero-order valence-corrected chi connectivity index (χ0v) is 17.6. The van der Waals surface area contributed by atoms with E-state index in [0.29, 0.717) is 22.3 Å². The standard InChI is InChI=1S/C25H20O7/c1-24(2,3)31-23(29)15-11-18-21(12-19(15)27)30-20-10-13(26)8-9-17(20)25(18)16-7-5-4-6-14(16)22(28)32-25/h4-12,26-27H,1-3H3. The average Bonchev–Trinajstić information content (AvgIpc) is 2.99. The fourth-order valence-corrected chi connectivity index (χ4v) is 4.19. The maximum Gasteiger partial charge on any atom is 0.342 e. The topological polar surface area (TPSA) is 102 Å². The van der Waals surface area contributed by atoms with E-state index in [4.69, 9.17) is 14.2 Å². The summed E-state index contributed by atoms with van der Waals surface area (Å²) >= 11 is 0. The fourth-order valence-electron chi connectivity index (χ4n) is 4.19. The molecule has 1 spiro atoms. The molecule has 3 aromatic rings. The van der Waals surface area contributed by atoms with Crippen molar-refractivity contribution in [3.05, 3.63) is 82.4 Å². The van der Waals surface area contributed by atoms with Crippen LogP contribution in [0.15, 0.2) is 54.6 Å². The molecule has 0 saturated heterocycles. The Kier molecular flexibility index (Phi) is 4.05. The number of hydrogen-bond donors (Lipinski definition) is 2. The van der Waals surface area contributed by atoms with Crippen LogP contribution in [0.1, 0.15) is 58.2 Å². The van der Waals surface area contributed by atoms with Crippen LogP contribution in [0.3, 0.4) is 0 Å². The Bertz CT molecular complexity index is 1300. The molecule has 2 aliphatic heterocycles. The molecular formula is C25H20O7. The van der Waals surface area contributed by atoms with Crippen LogP contribution in [-0.4, -0.2) is 27.8 Å². The number of rotatable bonds is 1. The highest BCUT2D eigenvalue weighted by molar-refractivity contribution is 5.98. The Balaban J connectivity index is 1.80. The number of carbonyl (C=O) groups excluding carboxylic acids is 2. The third-order valence-corrected chi connectivity index (χ3v) is 5.43. The maximum atomic E-state index is 12.8. The summed E-state index contributed by atoms with van der Waals surface area (Å²) in [5, 5.41) is 20.6. The Hall–Kier alpha value is -4.00. The highest BCUT2D eigenvalue weighted by atomic mass is 16.6. The molecule has 0 bridgehead atoms. The summed E-state index contributed by atoms with van der Waals surface area (Å²) in [5.74, 6) is -1.16. The monoisotopic (exact) mass is 432 g/mol. The van der Waals surface area contributed by atoms with Crippen LogP contribution >= 0.6 is 0 Å². The first kappa shape index (κ1) is 19.9. The first-order chi connectivity index (χ1) is 15.1. The maximum absolute atomic E-state index is 12.8. The molecule has 5 rings (SSSR count). The summed E-state index contributed by atoms with van der Waals surface area (Å²) in [4.78, 5) is 25.7. The summed E-state index contributed by atoms with van der Waals surface area (Å²) in [6, 6.07) is 14.2. The Morgan fingerprint density at radius 1 is 0.938 bits per heavy atom. The second-order valence-electron chi connectivity index (χ2n) is 8.77. The van der Waals surface area contributed by atoms with Crippen LogP contribution in [-0.2, 0) is 15.1 Å². The van der Waals surface area contributed by atoms with Gasteiger partial charge in [0, 0.05) is 28.8 Å². The van der Waals surface area contributed by atoms with Crippen LogP contribution in [0, 0.1) is 0 Å². The molecule has 1 atom stereocenters. The largest absolute Gasteiger partial charge is 0.508 e. The predicted molar refractivity (Wildman–Crippen MR) is 113 cm³/mol. The normalized spacial score (nSPS) is 18.3. The first-order valence-electron chi connectivity index (χ1n) is 10.1. The van der Waals surface area contributed by atoms with Crippen molar-refractivity contribution in [1.29, 1.82) is 0 Å². The van der Waals surface area contributed by atoms with Gasteiger partial charge in [-0.25, -0.2) is 9.59 Å². The molecule has 0 aliphatic carbocycles. The van der Waals surface area contributed by atoms with Crippen molar-refractivity contribution >= 4 is 11.9 Å². The SMILES string of the molecule is CC(C)(C)OC(=O)c1cc2c(cc1O)Oc1cc(O)ccc1C21OC(=O)c2ccccc21. The van der Waals surface area contributed by atoms with Crippen molar-refractivity contribution in [3.8, 4) is 23.0 Å². The van der Waals surface area contributed by atoms with E-state index in [2.05, 4.69) is 0 Å². The lowest BCUT2D eigenvalue weighted by Gasteiger charge is -2.36. The van der Waals surface area contributed by atoms with Crippen molar-refractivity contribution in [1.82, 2.24) is 0 Å². The smallest absolute Gasteiger partial charge is 0.342 e. The number of phenols is 2. The van der Waals surface area contributed by atoms with E-state index in [1.54, 1.807) is 51.1 Å². The molecule has 0 amide bonds. The van der Waals surface area contributed by atoms with Crippen LogP contribution < -0.4 is 4.74 Å². The van der Waals surface area contributed by atoms with Crippen molar-refractivity contribution in [2.75, 3.05) is 0 Å². The first-order valence-corrected chi connectivity index (χ1v) is 10.1. The van der Waals surface area contributed by atoms with Gasteiger partial charge in [0.1, 0.15) is 34.2 Å². The third kappa shape index (κ3) is 2.81. The van der Waals surface area contributed by atoms with Crippen LogP contribution in [0.25, 0.3) is 0 Å². The molecule has 2 N–H and O–H groups in total. The summed E-state index contributed by atoms with van der Waals surface area (Å²) in [6.07, 6.45) is 0. The quantitative estimate of drug-likeness (QED) is 0.541. The molecule has 0 aromatic heterocycles. The van der Waals surface area contributed by atoms with Gasteiger partial charge in [0.05, 0.1) is 5.56 Å². The van der Waals surface area contributed by atoms with Gasteiger partial charge < -0.3 is 24.4 Å². The number of carbonyl (C=O) groups is 2. The number of esters is 2. The Morgan fingerprint density at radius 3 is 2.41 bits per heavy atom. The average molecular weight is 432 g/mol. The Morgan fingerprint density at radius 2 is 1.66 bits per heavy atom. The highest BCUT2D eigenvalue weighted by Crippen LogP contribution is 2.57. The summed E-state index contributed by atoms with van der Waals surface area (Å²) in [6.45, 7) is 5.17. The molecule has 32 heavy (non-hydrogen) atoms. The van der Waals surface area contributed by atoms with Gasteiger partial charge in [0.25, 0.3) is 0 Å². The van der Waals surface area contributed by atoms with Crippen molar-refractivity contribution in [2.45, 2.75) is 32.0 Å². The van der Waals surface area contributed by atoms with Crippen LogP contribution in [0.4, 0.5) is 0 Å². The fraction of sp³-hybridized carbons (Fsp3) is 0.200. The van der Waals surface area contributed by atoms with E-state index in [9.17, 15) is 19.8 Å². The lowest BCUT2D eigenvalue weighted by molar-refractivity contribution is 0.00662. The molecule has 0 radical (unpaired) electrons. The second-order valence-corrected chi connectivity index (χ2v) is 8.77. The van der Waals surface area contributed by atoms with Crippen LogP contribution in [0.2, 0.25) is 0 Å². The van der Waals surface area contributed by atoms with Gasteiger partial charge in [-0.15, -0.1) is 0 Å². The summed E-state index contributed by atoms with van der Waals surface area (Å²) in [7, 11) is 0. The molecule has 3 aromatic carbocycles. The van der Waals surface area contributed by atoms with Gasteiger partial charge in [0.2, 0.25) is 0 Å². The van der Waals surface area contributed by atoms with Crippen LogP contribution in [0.5, 0.6) is 23.0 Å². The molecule has 162 valence electrons. The number of fused-ring (bicyclic) bond motifs is 6. The molecule has 2 heterocycles. The van der Waals surface area contributed by atoms with Gasteiger partial charge in [-0.05, 0) is 45.0 Å². The number of aromatic hydroxyl groups is 2. The van der Waals surface area contributed by atoms with Gasteiger partial charge in [-0.1, -0.05) is 18.2 Å². The zero-order chi connectivity index (χ0) is 22.8. The summed E-state index contributed by atoms with van der Waals surface area (Å²) < 4.78 is 17.4. The van der Waals surface area contributed by atoms with E-state index < -0.39 is 23.1 Å². The van der Waals surface area contributed by atoms with E-state index in [-0.39, 0.29) is 28.6 Å². The second kappa shape index (κ2) is 6.50. The number of phenolic OH excluding ortho intramolecular Hbond substituents is 2. The number of ether oxygens (including phenoxy) is 3. The number of hydrogen-bond acceptors (Lipinski definition) is 7. The molecule has 1 unspecified atom stereocenters. The van der Waals surface area contributed by atoms with E-state index in [1.807, 2.05) is 0 Å². The van der Waals surface area contributed by atoms with Crippen molar-refractivity contribution in [2.24, 2.45) is 0 Å². The van der Waals surface area contributed by atoms with E-state index in [1.165, 1.54) is 24.3 Å². The van der Waals surface area contributed by atoms with Crippen molar-refractivity contribution < 1.29 is 34.0 Å². The van der Waals surface area contributed by atoms with E-state index >= 15 is 0 Å². The minimum atomic E-state index is -1.42. The molecule has 7 heteroatoms. The molecule has 7 nitrogen and oxygen atoms in total.